The number of hydrogen-bond acceptors (Lipinski definition) is 2. The highest BCUT2D eigenvalue weighted by Gasteiger charge is 2.20. The molecule has 2 N–H and O–H groups in total. The minimum Gasteiger partial charge on any atom is -0.379 e. The fraction of sp³-hybridized carbons (Fsp3) is 0.611. The molecule has 1 saturated carbocycles. The van der Waals surface area contributed by atoms with E-state index in [1.54, 1.807) is 0 Å². The van der Waals surface area contributed by atoms with Gasteiger partial charge in [0.2, 0.25) is 0 Å². The SMILES string of the molecule is CCNC(=NCC(C)c1ccccc1)NCCOCC1CC1. The van der Waals surface area contributed by atoms with Crippen molar-refractivity contribution < 1.29 is 4.74 Å². The second kappa shape index (κ2) is 9.46. The predicted octanol–water partition coefficient (Wildman–Crippen LogP) is 2.77. The number of nitrogens with zero attached hydrogens (tertiary/aromatic N) is 1. The Balaban J connectivity index is 1.70. The Labute approximate surface area is 134 Å². The van der Waals surface area contributed by atoms with E-state index in [0.29, 0.717) is 5.92 Å². The smallest absolute Gasteiger partial charge is 0.191 e. The van der Waals surface area contributed by atoms with Crippen molar-refractivity contribution in [3.63, 3.8) is 0 Å². The van der Waals surface area contributed by atoms with Crippen molar-refractivity contribution in [3.05, 3.63) is 35.9 Å². The molecule has 0 aliphatic heterocycles. The molecule has 0 radical (unpaired) electrons. The van der Waals surface area contributed by atoms with E-state index in [4.69, 9.17) is 4.74 Å². The lowest BCUT2D eigenvalue weighted by Crippen LogP contribution is -2.39. The first kappa shape index (κ1) is 16.8. The summed E-state index contributed by atoms with van der Waals surface area (Å²) < 4.78 is 5.64. The second-order valence-electron chi connectivity index (χ2n) is 5.98. The zero-order chi connectivity index (χ0) is 15.6. The lowest BCUT2D eigenvalue weighted by atomic mass is 10.0. The standard InChI is InChI=1S/C18H29N3O/c1-3-19-18(20-11-12-22-14-16-9-10-16)21-13-15(2)17-7-5-4-6-8-17/h4-8,15-16H,3,9-14H2,1-2H3,(H2,19,20,21). The molecule has 0 aromatic heterocycles. The van der Waals surface area contributed by atoms with Gasteiger partial charge in [0.15, 0.2) is 5.96 Å². The van der Waals surface area contributed by atoms with Gasteiger partial charge in [0, 0.05) is 32.2 Å². The first-order valence-electron chi connectivity index (χ1n) is 8.44. The molecule has 0 bridgehead atoms. The van der Waals surface area contributed by atoms with Gasteiger partial charge in [0.1, 0.15) is 0 Å². The number of rotatable bonds is 9. The highest BCUT2D eigenvalue weighted by Crippen LogP contribution is 2.28. The summed E-state index contributed by atoms with van der Waals surface area (Å²) in [7, 11) is 0. The fourth-order valence-corrected chi connectivity index (χ4v) is 2.23. The van der Waals surface area contributed by atoms with Crippen LogP contribution in [0.15, 0.2) is 35.3 Å². The van der Waals surface area contributed by atoms with Crippen molar-refractivity contribution in [2.45, 2.75) is 32.6 Å². The maximum atomic E-state index is 5.64. The van der Waals surface area contributed by atoms with Gasteiger partial charge in [-0.25, -0.2) is 0 Å². The average molecular weight is 303 g/mol. The van der Waals surface area contributed by atoms with Gasteiger partial charge in [0.05, 0.1) is 6.61 Å². The highest BCUT2D eigenvalue weighted by atomic mass is 16.5. The Bertz CT molecular complexity index is 443. The van der Waals surface area contributed by atoms with Gasteiger partial charge in [-0.2, -0.15) is 0 Å². The number of benzene rings is 1. The minimum absolute atomic E-state index is 0.419. The average Bonchev–Trinajstić information content (AvgIpc) is 3.37. The molecule has 4 nitrogen and oxygen atoms in total. The van der Waals surface area contributed by atoms with Crippen LogP contribution in [0.3, 0.4) is 0 Å². The molecule has 22 heavy (non-hydrogen) atoms. The number of aliphatic imine (C=N–C) groups is 1. The lowest BCUT2D eigenvalue weighted by Gasteiger charge is -2.14. The molecule has 122 valence electrons. The minimum atomic E-state index is 0.419. The van der Waals surface area contributed by atoms with Crippen LogP contribution in [0.1, 0.15) is 38.2 Å². The normalized spacial score (nSPS) is 16.4. The van der Waals surface area contributed by atoms with Crippen LogP contribution in [-0.2, 0) is 4.74 Å². The molecular formula is C18H29N3O. The van der Waals surface area contributed by atoms with Crippen LogP contribution in [0, 0.1) is 5.92 Å². The van der Waals surface area contributed by atoms with Crippen molar-refractivity contribution in [1.82, 2.24) is 10.6 Å². The molecule has 1 aromatic rings. The van der Waals surface area contributed by atoms with Crippen LogP contribution >= 0.6 is 0 Å². The number of guanidine groups is 1. The van der Waals surface area contributed by atoms with E-state index in [-0.39, 0.29) is 0 Å². The number of ether oxygens (including phenoxy) is 1. The monoisotopic (exact) mass is 303 g/mol. The van der Waals surface area contributed by atoms with Gasteiger partial charge in [-0.05, 0) is 31.2 Å². The molecule has 1 aliphatic rings. The van der Waals surface area contributed by atoms with Gasteiger partial charge < -0.3 is 15.4 Å². The van der Waals surface area contributed by atoms with Crippen molar-refractivity contribution in [2.75, 3.05) is 32.8 Å². The summed E-state index contributed by atoms with van der Waals surface area (Å²) in [5.74, 6) is 2.12. The summed E-state index contributed by atoms with van der Waals surface area (Å²) in [6, 6.07) is 10.5. The van der Waals surface area contributed by atoms with Crippen LogP contribution in [0.4, 0.5) is 0 Å². The summed E-state index contributed by atoms with van der Waals surface area (Å²) in [5, 5.41) is 6.62. The van der Waals surface area contributed by atoms with E-state index in [9.17, 15) is 0 Å². The first-order valence-corrected chi connectivity index (χ1v) is 8.44. The van der Waals surface area contributed by atoms with Crippen LogP contribution in [0.25, 0.3) is 0 Å². The van der Waals surface area contributed by atoms with Crippen LogP contribution in [0.5, 0.6) is 0 Å². The molecule has 1 aromatic carbocycles. The van der Waals surface area contributed by atoms with E-state index in [1.807, 2.05) is 6.07 Å². The summed E-state index contributed by atoms with van der Waals surface area (Å²) in [6.07, 6.45) is 2.68. The zero-order valence-electron chi connectivity index (χ0n) is 13.8. The third kappa shape index (κ3) is 6.48. The zero-order valence-corrected chi connectivity index (χ0v) is 13.8. The summed E-state index contributed by atoms with van der Waals surface area (Å²) in [4.78, 5) is 4.67. The third-order valence-electron chi connectivity index (χ3n) is 3.83. The first-order chi connectivity index (χ1) is 10.8. The van der Waals surface area contributed by atoms with E-state index >= 15 is 0 Å². The molecule has 0 heterocycles. The lowest BCUT2D eigenvalue weighted by molar-refractivity contribution is 0.129. The number of nitrogens with one attached hydrogen (secondary N) is 2. The Kier molecular flexibility index (Phi) is 7.23. The van der Waals surface area contributed by atoms with E-state index < -0.39 is 0 Å². The molecule has 0 saturated heterocycles. The van der Waals surface area contributed by atoms with Gasteiger partial charge in [0.25, 0.3) is 0 Å². The maximum absolute atomic E-state index is 5.64. The second-order valence-corrected chi connectivity index (χ2v) is 5.98. The Morgan fingerprint density at radius 3 is 2.73 bits per heavy atom. The molecule has 0 amide bonds. The predicted molar refractivity (Wildman–Crippen MR) is 92.4 cm³/mol. The fourth-order valence-electron chi connectivity index (χ4n) is 2.23. The Hall–Kier alpha value is -1.55. The van der Waals surface area contributed by atoms with Crippen molar-refractivity contribution in [2.24, 2.45) is 10.9 Å². The third-order valence-corrected chi connectivity index (χ3v) is 3.83. The largest absolute Gasteiger partial charge is 0.379 e. The van der Waals surface area contributed by atoms with E-state index in [1.165, 1.54) is 18.4 Å². The molecule has 1 fully saturated rings. The van der Waals surface area contributed by atoms with Gasteiger partial charge in [-0.1, -0.05) is 37.3 Å². The summed E-state index contributed by atoms with van der Waals surface area (Å²) in [5.41, 5.74) is 1.33. The number of hydrogen-bond donors (Lipinski definition) is 2. The van der Waals surface area contributed by atoms with Crippen molar-refractivity contribution >= 4 is 5.96 Å². The van der Waals surface area contributed by atoms with Gasteiger partial charge in [-0.3, -0.25) is 4.99 Å². The molecule has 4 heteroatoms. The van der Waals surface area contributed by atoms with E-state index in [0.717, 1.165) is 44.7 Å². The van der Waals surface area contributed by atoms with Crippen LogP contribution in [0.2, 0.25) is 0 Å². The topological polar surface area (TPSA) is 45.7 Å². The van der Waals surface area contributed by atoms with Gasteiger partial charge in [-0.15, -0.1) is 0 Å². The summed E-state index contributed by atoms with van der Waals surface area (Å²) in [6.45, 7) is 8.41. The Morgan fingerprint density at radius 2 is 2.05 bits per heavy atom. The van der Waals surface area contributed by atoms with Crippen molar-refractivity contribution in [3.8, 4) is 0 Å². The van der Waals surface area contributed by atoms with Crippen molar-refractivity contribution in [1.29, 1.82) is 0 Å². The molecule has 1 unspecified atom stereocenters. The Morgan fingerprint density at radius 1 is 1.27 bits per heavy atom. The van der Waals surface area contributed by atoms with E-state index in [2.05, 4.69) is 53.7 Å². The molecule has 1 atom stereocenters. The molecule has 0 spiro atoms. The summed E-state index contributed by atoms with van der Waals surface area (Å²) >= 11 is 0. The van der Waals surface area contributed by atoms with Crippen LogP contribution in [-0.4, -0.2) is 38.8 Å². The van der Waals surface area contributed by atoms with Gasteiger partial charge >= 0.3 is 0 Å². The van der Waals surface area contributed by atoms with Crippen LogP contribution < -0.4 is 10.6 Å². The quantitative estimate of drug-likeness (QED) is 0.419. The molecule has 1 aliphatic carbocycles. The molecule has 2 rings (SSSR count). The maximum Gasteiger partial charge on any atom is 0.191 e. The highest BCUT2D eigenvalue weighted by molar-refractivity contribution is 5.79. The molecular weight excluding hydrogens is 274 g/mol.